The highest BCUT2D eigenvalue weighted by Gasteiger charge is 2.11. The van der Waals surface area contributed by atoms with Crippen molar-refractivity contribution in [3.8, 4) is 5.75 Å². The molecule has 0 fully saturated rings. The van der Waals surface area contributed by atoms with Gasteiger partial charge in [-0.25, -0.2) is 4.68 Å². The first kappa shape index (κ1) is 18.2. The van der Waals surface area contributed by atoms with Gasteiger partial charge in [0, 0.05) is 6.20 Å². The molecule has 3 aromatic rings. The Labute approximate surface area is 155 Å². The number of carboxylic acids is 1. The second-order valence-corrected chi connectivity index (χ2v) is 6.09. The van der Waals surface area contributed by atoms with Crippen LogP contribution in [0.2, 0.25) is 0 Å². The van der Waals surface area contributed by atoms with Gasteiger partial charge in [-0.05, 0) is 25.5 Å². The van der Waals surface area contributed by atoms with Gasteiger partial charge in [0.05, 0.1) is 29.8 Å². The summed E-state index contributed by atoms with van der Waals surface area (Å²) in [5, 5.41) is 19.4. The summed E-state index contributed by atoms with van der Waals surface area (Å²) in [5.74, 6) is -0.663. The van der Waals surface area contributed by atoms with Crippen LogP contribution in [0.25, 0.3) is 0 Å². The summed E-state index contributed by atoms with van der Waals surface area (Å²) in [7, 11) is 0. The lowest BCUT2D eigenvalue weighted by molar-refractivity contribution is -0.137. The summed E-state index contributed by atoms with van der Waals surface area (Å²) in [6.45, 7) is 3.89. The lowest BCUT2D eigenvalue weighted by atomic mass is 10.1. The van der Waals surface area contributed by atoms with Crippen LogP contribution in [0.3, 0.4) is 0 Å². The van der Waals surface area contributed by atoms with Crippen molar-refractivity contribution in [2.45, 2.75) is 27.1 Å². The fraction of sp³-hybridized carbons (Fsp3) is 0.222. The van der Waals surface area contributed by atoms with E-state index in [4.69, 9.17) is 9.84 Å². The number of nitrogens with one attached hydrogen (secondary N) is 1. The van der Waals surface area contributed by atoms with E-state index in [2.05, 4.69) is 15.5 Å². The maximum atomic E-state index is 12.2. The van der Waals surface area contributed by atoms with Crippen molar-refractivity contribution in [3.63, 3.8) is 0 Å². The molecule has 140 valence electrons. The van der Waals surface area contributed by atoms with Crippen molar-refractivity contribution >= 4 is 17.6 Å². The lowest BCUT2D eigenvalue weighted by Gasteiger charge is -2.09. The van der Waals surface area contributed by atoms with Crippen LogP contribution in [0.4, 0.5) is 5.69 Å². The van der Waals surface area contributed by atoms with Gasteiger partial charge >= 0.3 is 5.97 Å². The van der Waals surface area contributed by atoms with Crippen molar-refractivity contribution in [1.82, 2.24) is 19.6 Å². The van der Waals surface area contributed by atoms with Gasteiger partial charge < -0.3 is 15.2 Å². The average Bonchev–Trinajstić information content (AvgIpc) is 3.23. The first-order valence-electron chi connectivity index (χ1n) is 8.19. The Morgan fingerprint density at radius 1 is 1.15 bits per heavy atom. The van der Waals surface area contributed by atoms with Gasteiger partial charge in [-0.15, -0.1) is 0 Å². The summed E-state index contributed by atoms with van der Waals surface area (Å²) in [6.07, 6.45) is 5.83. The molecule has 0 saturated heterocycles. The zero-order valence-corrected chi connectivity index (χ0v) is 14.9. The monoisotopic (exact) mass is 369 g/mol. The number of carbonyl (C=O) groups is 2. The molecule has 0 unspecified atom stereocenters. The molecule has 27 heavy (non-hydrogen) atoms. The maximum absolute atomic E-state index is 12.2. The van der Waals surface area contributed by atoms with E-state index in [-0.39, 0.29) is 18.8 Å². The lowest BCUT2D eigenvalue weighted by Crippen LogP contribution is -2.12. The number of carboxylic acid groups (broad SMARTS) is 1. The van der Waals surface area contributed by atoms with Crippen molar-refractivity contribution in [1.29, 1.82) is 0 Å². The number of carbonyl (C=O) groups excluding carboxylic acids is 1. The number of benzene rings is 1. The predicted octanol–water partition coefficient (Wildman–Crippen LogP) is 2.07. The Hall–Kier alpha value is -3.62. The van der Waals surface area contributed by atoms with E-state index in [1.165, 1.54) is 23.3 Å². The van der Waals surface area contributed by atoms with Gasteiger partial charge in [-0.1, -0.05) is 17.7 Å². The molecule has 0 bridgehead atoms. The number of hydrogen-bond acceptors (Lipinski definition) is 5. The van der Waals surface area contributed by atoms with Crippen LogP contribution >= 0.6 is 0 Å². The number of anilines is 1. The van der Waals surface area contributed by atoms with Crippen molar-refractivity contribution in [3.05, 3.63) is 59.7 Å². The Balaban J connectivity index is 1.58. The van der Waals surface area contributed by atoms with Crippen LogP contribution in [0.15, 0.2) is 43.0 Å². The SMILES string of the molecule is Cc1ccc(OCn2cc(NC(=O)c3cnn(CC(=O)O)c3)cn2)c(C)c1. The number of nitrogens with zero attached hydrogens (tertiary/aromatic N) is 4. The van der Waals surface area contributed by atoms with E-state index >= 15 is 0 Å². The number of hydrogen-bond donors (Lipinski definition) is 2. The second kappa shape index (κ2) is 7.73. The predicted molar refractivity (Wildman–Crippen MR) is 96.6 cm³/mol. The van der Waals surface area contributed by atoms with E-state index in [0.29, 0.717) is 5.69 Å². The van der Waals surface area contributed by atoms with Gasteiger partial charge in [0.25, 0.3) is 5.91 Å². The number of aryl methyl sites for hydroxylation is 2. The van der Waals surface area contributed by atoms with Crippen LogP contribution in [0.1, 0.15) is 21.5 Å². The Morgan fingerprint density at radius 2 is 1.93 bits per heavy atom. The quantitative estimate of drug-likeness (QED) is 0.659. The minimum Gasteiger partial charge on any atom is -0.480 e. The largest absolute Gasteiger partial charge is 0.480 e. The topological polar surface area (TPSA) is 111 Å². The Bertz CT molecular complexity index is 976. The van der Waals surface area contributed by atoms with Crippen molar-refractivity contribution in [2.75, 3.05) is 5.32 Å². The second-order valence-electron chi connectivity index (χ2n) is 6.09. The van der Waals surface area contributed by atoms with Crippen LogP contribution in [0, 0.1) is 13.8 Å². The molecule has 0 saturated carbocycles. The Morgan fingerprint density at radius 3 is 2.67 bits per heavy atom. The molecule has 0 aliphatic rings. The van der Waals surface area contributed by atoms with E-state index < -0.39 is 11.9 Å². The molecule has 9 heteroatoms. The molecule has 0 aliphatic carbocycles. The van der Waals surface area contributed by atoms with E-state index in [1.54, 1.807) is 10.9 Å². The summed E-state index contributed by atoms with van der Waals surface area (Å²) in [6, 6.07) is 5.92. The molecule has 0 aliphatic heterocycles. The normalized spacial score (nSPS) is 10.6. The molecular formula is C18H19N5O4. The van der Waals surface area contributed by atoms with E-state index in [0.717, 1.165) is 16.9 Å². The first-order chi connectivity index (χ1) is 12.9. The van der Waals surface area contributed by atoms with Crippen molar-refractivity contribution < 1.29 is 19.4 Å². The standard InChI is InChI=1S/C18H19N5O4/c1-12-3-4-16(13(2)5-12)27-11-23-9-15(7-20-23)21-18(26)14-6-19-22(8-14)10-17(24)25/h3-9H,10-11H2,1-2H3,(H,21,26)(H,24,25). The summed E-state index contributed by atoms with van der Waals surface area (Å²) >= 11 is 0. The highest BCUT2D eigenvalue weighted by Crippen LogP contribution is 2.19. The number of ether oxygens (including phenoxy) is 1. The fourth-order valence-electron chi connectivity index (χ4n) is 2.50. The van der Waals surface area contributed by atoms with Gasteiger partial charge in [-0.2, -0.15) is 10.2 Å². The molecule has 1 amide bonds. The van der Waals surface area contributed by atoms with Crippen molar-refractivity contribution in [2.24, 2.45) is 0 Å². The smallest absolute Gasteiger partial charge is 0.325 e. The van der Waals surface area contributed by atoms with E-state index in [1.807, 2.05) is 32.0 Å². The van der Waals surface area contributed by atoms with Gasteiger partial charge in [0.2, 0.25) is 0 Å². The highest BCUT2D eigenvalue weighted by molar-refractivity contribution is 6.03. The maximum Gasteiger partial charge on any atom is 0.325 e. The van der Waals surface area contributed by atoms with Gasteiger partial charge in [0.15, 0.2) is 6.73 Å². The molecule has 0 atom stereocenters. The van der Waals surface area contributed by atoms with Gasteiger partial charge in [-0.3, -0.25) is 14.3 Å². The molecule has 2 heterocycles. The minimum absolute atomic E-state index is 0.205. The zero-order valence-electron chi connectivity index (χ0n) is 14.9. The molecule has 2 aromatic heterocycles. The van der Waals surface area contributed by atoms with Crippen LogP contribution in [-0.2, 0) is 18.1 Å². The van der Waals surface area contributed by atoms with Gasteiger partial charge in [0.1, 0.15) is 12.3 Å². The highest BCUT2D eigenvalue weighted by atomic mass is 16.5. The number of aromatic nitrogens is 4. The molecule has 0 radical (unpaired) electrons. The zero-order chi connectivity index (χ0) is 19.4. The fourth-order valence-corrected chi connectivity index (χ4v) is 2.50. The van der Waals surface area contributed by atoms with Crippen LogP contribution in [0.5, 0.6) is 5.75 Å². The summed E-state index contributed by atoms with van der Waals surface area (Å²) in [5.41, 5.74) is 2.95. The third-order valence-electron chi connectivity index (χ3n) is 3.77. The summed E-state index contributed by atoms with van der Waals surface area (Å²) in [4.78, 5) is 22.9. The Kier molecular flexibility index (Phi) is 5.20. The number of rotatable bonds is 7. The van der Waals surface area contributed by atoms with Crippen LogP contribution in [-0.4, -0.2) is 36.5 Å². The third-order valence-corrected chi connectivity index (χ3v) is 3.77. The molecule has 9 nitrogen and oxygen atoms in total. The summed E-state index contributed by atoms with van der Waals surface area (Å²) < 4.78 is 8.48. The first-order valence-corrected chi connectivity index (χ1v) is 8.19. The molecule has 0 spiro atoms. The number of aliphatic carboxylic acids is 1. The molecule has 2 N–H and O–H groups in total. The molecule has 1 aromatic carbocycles. The molecule has 3 rings (SSSR count). The molecular weight excluding hydrogens is 350 g/mol. The third kappa shape index (κ3) is 4.72. The van der Waals surface area contributed by atoms with Crippen LogP contribution < -0.4 is 10.1 Å². The average molecular weight is 369 g/mol. The number of amides is 1. The van der Waals surface area contributed by atoms with E-state index in [9.17, 15) is 9.59 Å². The minimum atomic E-state index is -1.03.